The Morgan fingerprint density at radius 1 is 1.08 bits per heavy atom. The normalized spacial score (nSPS) is 17.5. The first kappa shape index (κ1) is 18.5. The highest BCUT2D eigenvalue weighted by Crippen LogP contribution is 2.22. The fourth-order valence-corrected chi connectivity index (χ4v) is 3.94. The molecule has 1 saturated heterocycles. The summed E-state index contributed by atoms with van der Waals surface area (Å²) in [5.41, 5.74) is 0.920. The van der Waals surface area contributed by atoms with E-state index in [1.807, 2.05) is 36.4 Å². The van der Waals surface area contributed by atoms with Gasteiger partial charge in [0.1, 0.15) is 11.8 Å². The molecule has 1 aromatic heterocycles. The SMILES string of the molecule is CS(=O)(=O)N1CCCN(C(=O)NC(c2ccccc2)c2ccco2)CC1. The van der Waals surface area contributed by atoms with Crippen molar-refractivity contribution in [1.29, 1.82) is 0 Å². The number of hydrogen-bond donors (Lipinski definition) is 1. The number of benzene rings is 1. The van der Waals surface area contributed by atoms with E-state index >= 15 is 0 Å². The topological polar surface area (TPSA) is 82.9 Å². The minimum absolute atomic E-state index is 0.231. The molecule has 2 amide bonds. The number of furan rings is 1. The summed E-state index contributed by atoms with van der Waals surface area (Å²) in [6.07, 6.45) is 3.38. The highest BCUT2D eigenvalue weighted by atomic mass is 32.2. The molecule has 0 bridgehead atoms. The van der Waals surface area contributed by atoms with Gasteiger partial charge in [0, 0.05) is 26.2 Å². The predicted molar refractivity (Wildman–Crippen MR) is 98.1 cm³/mol. The molecule has 1 fully saturated rings. The Hall–Kier alpha value is -2.32. The Kier molecular flexibility index (Phi) is 5.63. The van der Waals surface area contributed by atoms with Gasteiger partial charge in [-0.3, -0.25) is 0 Å². The molecule has 1 atom stereocenters. The van der Waals surface area contributed by atoms with Gasteiger partial charge in [0.25, 0.3) is 0 Å². The lowest BCUT2D eigenvalue weighted by atomic mass is 10.0. The summed E-state index contributed by atoms with van der Waals surface area (Å²) in [6.45, 7) is 1.61. The van der Waals surface area contributed by atoms with E-state index in [9.17, 15) is 13.2 Å². The Labute approximate surface area is 153 Å². The van der Waals surface area contributed by atoms with Gasteiger partial charge in [0.2, 0.25) is 10.0 Å². The number of nitrogens with one attached hydrogen (secondary N) is 1. The van der Waals surface area contributed by atoms with Crippen LogP contribution in [0.1, 0.15) is 23.8 Å². The number of urea groups is 1. The van der Waals surface area contributed by atoms with E-state index in [0.717, 1.165) is 5.56 Å². The van der Waals surface area contributed by atoms with Crippen LogP contribution >= 0.6 is 0 Å². The van der Waals surface area contributed by atoms with Crippen molar-refractivity contribution >= 4 is 16.1 Å². The number of amides is 2. The van der Waals surface area contributed by atoms with Crippen LogP contribution in [0, 0.1) is 0 Å². The maximum absolute atomic E-state index is 12.8. The van der Waals surface area contributed by atoms with Crippen molar-refractivity contribution in [2.24, 2.45) is 0 Å². The number of sulfonamides is 1. The average molecular weight is 377 g/mol. The number of hydrogen-bond acceptors (Lipinski definition) is 4. The lowest BCUT2D eigenvalue weighted by molar-refractivity contribution is 0.196. The Balaban J connectivity index is 1.72. The molecule has 7 nitrogen and oxygen atoms in total. The maximum atomic E-state index is 12.8. The second-order valence-corrected chi connectivity index (χ2v) is 8.29. The standard InChI is InChI=1S/C18H23N3O4S/c1-26(23,24)21-11-6-10-20(12-13-21)18(22)19-17(16-9-5-14-25-16)15-7-3-2-4-8-15/h2-5,7-9,14,17H,6,10-13H2,1H3,(H,19,22). The third-order valence-corrected chi connectivity index (χ3v) is 5.74. The number of carbonyl (C=O) groups excluding carboxylic acids is 1. The largest absolute Gasteiger partial charge is 0.467 e. The molecule has 0 radical (unpaired) electrons. The molecule has 0 saturated carbocycles. The van der Waals surface area contributed by atoms with Crippen molar-refractivity contribution in [3.63, 3.8) is 0 Å². The highest BCUT2D eigenvalue weighted by molar-refractivity contribution is 7.88. The molecule has 1 aliphatic rings. The Bertz CT molecular complexity index is 821. The number of nitrogens with zero attached hydrogens (tertiary/aromatic N) is 2. The van der Waals surface area contributed by atoms with E-state index in [1.54, 1.807) is 17.2 Å². The molecule has 26 heavy (non-hydrogen) atoms. The van der Waals surface area contributed by atoms with Crippen LogP contribution in [0.5, 0.6) is 0 Å². The van der Waals surface area contributed by atoms with Gasteiger partial charge in [-0.15, -0.1) is 0 Å². The molecule has 140 valence electrons. The third kappa shape index (κ3) is 4.44. The molecular formula is C18H23N3O4S. The fraction of sp³-hybridized carbons (Fsp3) is 0.389. The second-order valence-electron chi connectivity index (χ2n) is 6.31. The van der Waals surface area contributed by atoms with Crippen LogP contribution in [0.2, 0.25) is 0 Å². The van der Waals surface area contributed by atoms with Crippen molar-refractivity contribution in [3.8, 4) is 0 Å². The monoisotopic (exact) mass is 377 g/mol. The van der Waals surface area contributed by atoms with Gasteiger partial charge in [-0.2, -0.15) is 0 Å². The molecule has 1 aromatic carbocycles. The highest BCUT2D eigenvalue weighted by Gasteiger charge is 2.26. The van der Waals surface area contributed by atoms with Crippen LogP contribution in [0.3, 0.4) is 0 Å². The van der Waals surface area contributed by atoms with Crippen LogP contribution in [0.15, 0.2) is 53.1 Å². The molecule has 1 unspecified atom stereocenters. The molecule has 0 spiro atoms. The van der Waals surface area contributed by atoms with E-state index in [0.29, 0.717) is 38.4 Å². The smallest absolute Gasteiger partial charge is 0.318 e. The van der Waals surface area contributed by atoms with Crippen molar-refractivity contribution < 1.29 is 17.6 Å². The Morgan fingerprint density at radius 2 is 1.85 bits per heavy atom. The maximum Gasteiger partial charge on any atom is 0.318 e. The van der Waals surface area contributed by atoms with Crippen molar-refractivity contribution in [2.75, 3.05) is 32.4 Å². The third-order valence-electron chi connectivity index (χ3n) is 4.44. The van der Waals surface area contributed by atoms with Gasteiger partial charge >= 0.3 is 6.03 Å². The van der Waals surface area contributed by atoms with E-state index in [1.165, 1.54) is 10.6 Å². The van der Waals surface area contributed by atoms with Crippen LogP contribution in [0.4, 0.5) is 4.79 Å². The molecule has 8 heteroatoms. The van der Waals surface area contributed by atoms with Crippen molar-refractivity contribution in [3.05, 3.63) is 60.1 Å². The first-order valence-electron chi connectivity index (χ1n) is 8.54. The van der Waals surface area contributed by atoms with Gasteiger partial charge in [-0.05, 0) is 24.1 Å². The summed E-state index contributed by atoms with van der Waals surface area (Å²) in [5.74, 6) is 0.650. The summed E-state index contributed by atoms with van der Waals surface area (Å²) in [7, 11) is -3.24. The van der Waals surface area contributed by atoms with Crippen LogP contribution in [0.25, 0.3) is 0 Å². The molecule has 1 aliphatic heterocycles. The van der Waals surface area contributed by atoms with Gasteiger partial charge < -0.3 is 14.6 Å². The zero-order chi connectivity index (χ0) is 18.6. The lowest BCUT2D eigenvalue weighted by Gasteiger charge is -2.25. The second kappa shape index (κ2) is 7.92. The summed E-state index contributed by atoms with van der Waals surface area (Å²) in [5, 5.41) is 3.01. The minimum Gasteiger partial charge on any atom is -0.467 e. The zero-order valence-electron chi connectivity index (χ0n) is 14.7. The lowest BCUT2D eigenvalue weighted by Crippen LogP contribution is -2.44. The van der Waals surface area contributed by atoms with Crippen molar-refractivity contribution in [2.45, 2.75) is 12.5 Å². The van der Waals surface area contributed by atoms with Gasteiger partial charge in [-0.1, -0.05) is 30.3 Å². The predicted octanol–water partition coefficient (Wildman–Crippen LogP) is 2.05. The van der Waals surface area contributed by atoms with Crippen molar-refractivity contribution in [1.82, 2.24) is 14.5 Å². The quantitative estimate of drug-likeness (QED) is 0.884. The van der Waals surface area contributed by atoms with E-state index < -0.39 is 16.1 Å². The zero-order valence-corrected chi connectivity index (χ0v) is 15.5. The van der Waals surface area contributed by atoms with Gasteiger partial charge in [-0.25, -0.2) is 17.5 Å². The average Bonchev–Trinajstić information content (AvgIpc) is 3.02. The molecular weight excluding hydrogens is 354 g/mol. The van der Waals surface area contributed by atoms with E-state index in [2.05, 4.69) is 5.32 Å². The molecule has 1 N–H and O–H groups in total. The summed E-state index contributed by atoms with van der Waals surface area (Å²) in [4.78, 5) is 14.4. The van der Waals surface area contributed by atoms with E-state index in [4.69, 9.17) is 4.42 Å². The number of carbonyl (C=O) groups is 1. The van der Waals surface area contributed by atoms with Gasteiger partial charge in [0.15, 0.2) is 0 Å². The fourth-order valence-electron chi connectivity index (χ4n) is 3.06. The van der Waals surface area contributed by atoms with Crippen LogP contribution in [-0.2, 0) is 10.0 Å². The number of rotatable bonds is 4. The van der Waals surface area contributed by atoms with Crippen LogP contribution in [-0.4, -0.2) is 56.1 Å². The molecule has 0 aliphatic carbocycles. The first-order chi connectivity index (χ1) is 12.4. The molecule has 2 heterocycles. The minimum atomic E-state index is -3.24. The Morgan fingerprint density at radius 3 is 2.50 bits per heavy atom. The molecule has 2 aromatic rings. The first-order valence-corrected chi connectivity index (χ1v) is 10.4. The summed E-state index contributed by atoms with van der Waals surface area (Å²) >= 11 is 0. The van der Waals surface area contributed by atoms with E-state index in [-0.39, 0.29) is 6.03 Å². The summed E-state index contributed by atoms with van der Waals surface area (Å²) in [6, 6.07) is 12.6. The molecule has 3 rings (SSSR count). The van der Waals surface area contributed by atoms with Gasteiger partial charge in [0.05, 0.1) is 12.5 Å². The van der Waals surface area contributed by atoms with Crippen LogP contribution < -0.4 is 5.32 Å². The summed E-state index contributed by atoms with van der Waals surface area (Å²) < 4.78 is 30.4.